The fourth-order valence-corrected chi connectivity index (χ4v) is 3.85. The zero-order valence-corrected chi connectivity index (χ0v) is 11.8. The minimum atomic E-state index is 0.761. The summed E-state index contributed by atoms with van der Waals surface area (Å²) in [6, 6.07) is 15.3. The van der Waals surface area contributed by atoms with Gasteiger partial charge in [0.25, 0.3) is 0 Å². The van der Waals surface area contributed by atoms with Crippen LogP contribution in [0.1, 0.15) is 18.4 Å². The van der Waals surface area contributed by atoms with E-state index in [1.54, 1.807) is 0 Å². The Morgan fingerprint density at radius 1 is 0.950 bits per heavy atom. The molecule has 20 heavy (non-hydrogen) atoms. The van der Waals surface area contributed by atoms with Crippen LogP contribution >= 0.6 is 0 Å². The lowest BCUT2D eigenvalue weighted by Crippen LogP contribution is -2.46. The molecule has 1 nitrogen and oxygen atoms in total. The molecule has 2 aromatic carbocycles. The lowest BCUT2D eigenvalue weighted by molar-refractivity contribution is 0.0740. The van der Waals surface area contributed by atoms with Crippen molar-refractivity contribution in [3.8, 4) is 0 Å². The minimum absolute atomic E-state index is 0.761. The molecule has 3 saturated heterocycles. The fourth-order valence-electron chi connectivity index (χ4n) is 3.85. The van der Waals surface area contributed by atoms with Gasteiger partial charge in [-0.2, -0.15) is 0 Å². The molecule has 0 saturated carbocycles. The van der Waals surface area contributed by atoms with E-state index in [1.807, 2.05) is 0 Å². The summed E-state index contributed by atoms with van der Waals surface area (Å²) in [7, 11) is 0. The summed E-state index contributed by atoms with van der Waals surface area (Å²) in [6.45, 7) is 3.92. The quantitative estimate of drug-likeness (QED) is 0.785. The van der Waals surface area contributed by atoms with Crippen molar-refractivity contribution in [2.24, 2.45) is 11.8 Å². The average Bonchev–Trinajstić information content (AvgIpc) is 2.54. The van der Waals surface area contributed by atoms with Crippen LogP contribution in [0.2, 0.25) is 0 Å². The fraction of sp³-hybridized carbons (Fsp3) is 0.368. The van der Waals surface area contributed by atoms with Gasteiger partial charge in [0.15, 0.2) is 0 Å². The first-order chi connectivity index (χ1) is 9.90. The van der Waals surface area contributed by atoms with Crippen molar-refractivity contribution in [2.45, 2.75) is 12.8 Å². The van der Waals surface area contributed by atoms with Crippen molar-refractivity contribution in [2.75, 3.05) is 19.6 Å². The smallest absolute Gasteiger partial charge is 0.00471 e. The highest BCUT2D eigenvalue weighted by Gasteiger charge is 2.32. The second-order valence-corrected chi connectivity index (χ2v) is 6.23. The van der Waals surface area contributed by atoms with Gasteiger partial charge in [0, 0.05) is 6.54 Å². The Hall–Kier alpha value is -1.60. The number of hydrogen-bond acceptors (Lipinski definition) is 1. The third-order valence-corrected chi connectivity index (χ3v) is 5.05. The van der Waals surface area contributed by atoms with Crippen molar-refractivity contribution in [1.29, 1.82) is 0 Å². The highest BCUT2D eigenvalue weighted by molar-refractivity contribution is 5.90. The van der Waals surface area contributed by atoms with Crippen LogP contribution < -0.4 is 0 Å². The number of rotatable bonds is 2. The predicted octanol–water partition coefficient (Wildman–Crippen LogP) is 4.19. The van der Waals surface area contributed by atoms with Crippen LogP contribution in [-0.2, 0) is 0 Å². The van der Waals surface area contributed by atoms with Gasteiger partial charge in [-0.1, -0.05) is 54.6 Å². The summed E-state index contributed by atoms with van der Waals surface area (Å²) in [5, 5.41) is 2.70. The van der Waals surface area contributed by atoms with Gasteiger partial charge in [0.2, 0.25) is 0 Å². The molecule has 1 unspecified atom stereocenters. The Kier molecular flexibility index (Phi) is 3.08. The lowest BCUT2D eigenvalue weighted by Gasteiger charge is -2.43. The monoisotopic (exact) mass is 263 g/mol. The van der Waals surface area contributed by atoms with E-state index in [2.05, 4.69) is 59.5 Å². The average molecular weight is 263 g/mol. The van der Waals surface area contributed by atoms with Crippen molar-refractivity contribution < 1.29 is 0 Å². The maximum atomic E-state index is 2.62. The van der Waals surface area contributed by atoms with Crippen LogP contribution in [-0.4, -0.2) is 24.5 Å². The maximum Gasteiger partial charge on any atom is 0.00471 e. The zero-order chi connectivity index (χ0) is 13.4. The highest BCUT2D eigenvalue weighted by atomic mass is 15.1. The van der Waals surface area contributed by atoms with Crippen molar-refractivity contribution >= 4 is 16.8 Å². The van der Waals surface area contributed by atoms with Gasteiger partial charge < -0.3 is 4.90 Å². The van der Waals surface area contributed by atoms with Crippen LogP contribution in [0.5, 0.6) is 0 Å². The summed E-state index contributed by atoms with van der Waals surface area (Å²) in [6.07, 6.45) is 7.61. The largest absolute Gasteiger partial charge is 0.303 e. The molecule has 2 bridgehead atoms. The molecule has 3 aliphatic heterocycles. The summed E-state index contributed by atoms with van der Waals surface area (Å²) >= 11 is 0. The number of fused-ring (bicyclic) bond motifs is 4. The van der Waals surface area contributed by atoms with Crippen LogP contribution in [0.15, 0.2) is 48.5 Å². The zero-order valence-electron chi connectivity index (χ0n) is 11.8. The van der Waals surface area contributed by atoms with Gasteiger partial charge in [-0.25, -0.2) is 0 Å². The molecule has 1 atom stereocenters. The SMILES string of the molecule is C(=CC1CN2CCC1CC2)c1cccc2ccccc12. The molecule has 0 spiro atoms. The van der Waals surface area contributed by atoms with E-state index in [-0.39, 0.29) is 0 Å². The molecule has 0 aliphatic carbocycles. The normalized spacial score (nSPS) is 29.3. The molecule has 0 radical (unpaired) electrons. The first kappa shape index (κ1) is 12.2. The van der Waals surface area contributed by atoms with E-state index in [0.717, 1.165) is 11.8 Å². The standard InChI is InChI=1S/C19H21N/c1-2-7-19-16(4-1)5-3-6-17(19)8-9-18-14-20-12-10-15(18)11-13-20/h1-9,15,18H,10-14H2. The van der Waals surface area contributed by atoms with E-state index in [9.17, 15) is 0 Å². The van der Waals surface area contributed by atoms with Crippen LogP contribution in [0.4, 0.5) is 0 Å². The third-order valence-electron chi connectivity index (χ3n) is 5.05. The molecule has 3 heterocycles. The summed E-state index contributed by atoms with van der Waals surface area (Å²) in [5.74, 6) is 1.68. The van der Waals surface area contributed by atoms with E-state index in [0.29, 0.717) is 0 Å². The molecule has 3 aliphatic rings. The van der Waals surface area contributed by atoms with E-state index < -0.39 is 0 Å². The Morgan fingerprint density at radius 2 is 1.75 bits per heavy atom. The minimum Gasteiger partial charge on any atom is -0.303 e. The van der Waals surface area contributed by atoms with Gasteiger partial charge in [-0.15, -0.1) is 0 Å². The van der Waals surface area contributed by atoms with Crippen molar-refractivity contribution in [3.63, 3.8) is 0 Å². The van der Waals surface area contributed by atoms with Gasteiger partial charge in [0.05, 0.1) is 0 Å². The van der Waals surface area contributed by atoms with E-state index >= 15 is 0 Å². The third kappa shape index (κ3) is 2.16. The molecule has 5 rings (SSSR count). The number of nitrogens with zero attached hydrogens (tertiary/aromatic N) is 1. The van der Waals surface area contributed by atoms with Gasteiger partial charge in [-0.3, -0.25) is 0 Å². The molecule has 1 heteroatoms. The topological polar surface area (TPSA) is 3.24 Å². The van der Waals surface area contributed by atoms with E-state index in [1.165, 1.54) is 48.8 Å². The second-order valence-electron chi connectivity index (χ2n) is 6.23. The first-order valence-corrected chi connectivity index (χ1v) is 7.78. The second kappa shape index (κ2) is 5.06. The number of benzene rings is 2. The van der Waals surface area contributed by atoms with Gasteiger partial charge in [-0.05, 0) is 54.1 Å². The molecular formula is C19H21N. The number of hydrogen-bond donors (Lipinski definition) is 0. The Bertz CT molecular complexity index is 630. The van der Waals surface area contributed by atoms with Crippen molar-refractivity contribution in [1.82, 2.24) is 4.90 Å². The van der Waals surface area contributed by atoms with Gasteiger partial charge >= 0.3 is 0 Å². The summed E-state index contributed by atoms with van der Waals surface area (Å²) in [5.41, 5.74) is 1.36. The molecule has 3 fully saturated rings. The maximum absolute atomic E-state index is 2.62. The molecule has 0 aromatic heterocycles. The Labute approximate surface area is 120 Å². The Balaban J connectivity index is 1.63. The molecule has 2 aromatic rings. The first-order valence-electron chi connectivity index (χ1n) is 7.78. The summed E-state index contributed by atoms with van der Waals surface area (Å²) in [4.78, 5) is 2.62. The van der Waals surface area contributed by atoms with Crippen LogP contribution in [0.3, 0.4) is 0 Å². The molecular weight excluding hydrogens is 242 g/mol. The van der Waals surface area contributed by atoms with Crippen LogP contribution in [0.25, 0.3) is 16.8 Å². The number of piperidine rings is 3. The molecule has 102 valence electrons. The summed E-state index contributed by atoms with van der Waals surface area (Å²) < 4.78 is 0. The molecule has 0 amide bonds. The predicted molar refractivity (Wildman–Crippen MR) is 85.6 cm³/mol. The molecule has 0 N–H and O–H groups in total. The lowest BCUT2D eigenvalue weighted by atomic mass is 9.79. The Morgan fingerprint density at radius 3 is 2.55 bits per heavy atom. The van der Waals surface area contributed by atoms with Crippen LogP contribution in [0, 0.1) is 11.8 Å². The van der Waals surface area contributed by atoms with Gasteiger partial charge in [0.1, 0.15) is 0 Å². The van der Waals surface area contributed by atoms with E-state index in [4.69, 9.17) is 0 Å². The highest BCUT2D eigenvalue weighted by Crippen LogP contribution is 2.33. The van der Waals surface area contributed by atoms with Crippen molar-refractivity contribution in [3.05, 3.63) is 54.1 Å².